The zero-order valence-electron chi connectivity index (χ0n) is 12.4. The molecule has 3 rings (SSSR count). The van der Waals surface area contributed by atoms with Crippen molar-refractivity contribution in [3.8, 4) is 0 Å². The van der Waals surface area contributed by atoms with Crippen LogP contribution < -0.4 is 4.90 Å². The zero-order valence-corrected chi connectivity index (χ0v) is 12.4. The van der Waals surface area contributed by atoms with Crippen LogP contribution >= 0.6 is 0 Å². The number of hydrogen-bond acceptors (Lipinski definition) is 5. The highest BCUT2D eigenvalue weighted by Gasteiger charge is 2.22. The van der Waals surface area contributed by atoms with E-state index in [9.17, 15) is 4.79 Å². The Morgan fingerprint density at radius 3 is 2.86 bits per heavy atom. The van der Waals surface area contributed by atoms with Crippen LogP contribution in [0.2, 0.25) is 0 Å². The van der Waals surface area contributed by atoms with Crippen molar-refractivity contribution in [3.63, 3.8) is 0 Å². The number of piperidine rings is 1. The van der Waals surface area contributed by atoms with Crippen LogP contribution in [-0.4, -0.2) is 30.2 Å². The number of carbonyl (C=O) groups is 1. The summed E-state index contributed by atoms with van der Waals surface area (Å²) in [5, 5.41) is 3.99. The molecular formula is C16H21N3O2. The summed E-state index contributed by atoms with van der Waals surface area (Å²) in [4.78, 5) is 18.5. The number of Topliss-reactive ketones (excluding diaryl/α,β-unsaturated/α-hetero) is 1. The van der Waals surface area contributed by atoms with E-state index >= 15 is 0 Å². The first kappa shape index (κ1) is 14.0. The number of allylic oxidation sites excluding steroid dienone is 2. The lowest BCUT2D eigenvalue weighted by molar-refractivity contribution is -0.114. The second-order valence-corrected chi connectivity index (χ2v) is 5.83. The first-order valence-electron chi connectivity index (χ1n) is 7.65. The summed E-state index contributed by atoms with van der Waals surface area (Å²) in [7, 11) is 0. The van der Waals surface area contributed by atoms with Gasteiger partial charge in [-0.1, -0.05) is 5.16 Å². The largest absolute Gasteiger partial charge is 0.363 e. The summed E-state index contributed by atoms with van der Waals surface area (Å²) in [6.07, 6.45) is 8.06. The molecule has 1 saturated heterocycles. The fourth-order valence-electron chi connectivity index (χ4n) is 3.16. The fraction of sp³-hybridized carbons (Fsp3) is 0.562. The SMILES string of the molecule is CC1=C(CCC2CCN(c3ccon3)CC2)C(=O)CC=N1. The summed E-state index contributed by atoms with van der Waals surface area (Å²) < 4.78 is 4.90. The molecule has 112 valence electrons. The molecule has 0 bridgehead atoms. The summed E-state index contributed by atoms with van der Waals surface area (Å²) in [5.74, 6) is 1.87. The summed E-state index contributed by atoms with van der Waals surface area (Å²) in [5.41, 5.74) is 1.85. The number of rotatable bonds is 4. The van der Waals surface area contributed by atoms with Crippen LogP contribution in [0.4, 0.5) is 5.82 Å². The van der Waals surface area contributed by atoms with E-state index in [1.807, 2.05) is 13.0 Å². The van der Waals surface area contributed by atoms with E-state index in [1.165, 1.54) is 0 Å². The molecule has 3 heterocycles. The van der Waals surface area contributed by atoms with Crippen LogP contribution in [0.1, 0.15) is 39.0 Å². The molecule has 5 nitrogen and oxygen atoms in total. The molecule has 2 aliphatic rings. The highest BCUT2D eigenvalue weighted by atomic mass is 16.5. The standard InChI is InChI=1S/C16H21N3O2/c1-12-14(15(20)4-8-17-12)3-2-13-5-9-19(10-6-13)16-7-11-21-18-16/h7-8,11,13H,2-6,9-10H2,1H3. The predicted octanol–water partition coefficient (Wildman–Crippen LogP) is 2.99. The Kier molecular flexibility index (Phi) is 4.18. The number of aliphatic imine (C=N–C) groups is 1. The lowest BCUT2D eigenvalue weighted by Gasteiger charge is -2.31. The number of carbonyl (C=O) groups excluding carboxylic acids is 1. The first-order valence-corrected chi connectivity index (χ1v) is 7.65. The van der Waals surface area contributed by atoms with Crippen molar-refractivity contribution < 1.29 is 9.32 Å². The molecule has 0 spiro atoms. The number of nitrogens with zero attached hydrogens (tertiary/aromatic N) is 3. The first-order chi connectivity index (χ1) is 10.2. The van der Waals surface area contributed by atoms with Crippen LogP contribution in [0.5, 0.6) is 0 Å². The molecule has 1 aromatic rings. The molecule has 2 aliphatic heterocycles. The minimum Gasteiger partial charge on any atom is -0.363 e. The summed E-state index contributed by atoms with van der Waals surface area (Å²) >= 11 is 0. The number of aromatic nitrogens is 1. The van der Waals surface area contributed by atoms with Crippen LogP contribution in [0, 0.1) is 5.92 Å². The molecule has 0 amide bonds. The van der Waals surface area contributed by atoms with Gasteiger partial charge in [-0.25, -0.2) is 0 Å². The zero-order chi connectivity index (χ0) is 14.7. The van der Waals surface area contributed by atoms with Gasteiger partial charge in [0.25, 0.3) is 0 Å². The molecule has 5 heteroatoms. The molecule has 0 aromatic carbocycles. The average molecular weight is 287 g/mol. The Labute approximate surface area is 124 Å². The molecule has 0 radical (unpaired) electrons. The topological polar surface area (TPSA) is 58.7 Å². The molecule has 21 heavy (non-hydrogen) atoms. The van der Waals surface area contributed by atoms with Crippen molar-refractivity contribution in [1.29, 1.82) is 0 Å². The Morgan fingerprint density at radius 2 is 2.19 bits per heavy atom. The number of anilines is 1. The van der Waals surface area contributed by atoms with Crippen molar-refractivity contribution in [2.75, 3.05) is 18.0 Å². The molecular weight excluding hydrogens is 266 g/mol. The predicted molar refractivity (Wildman–Crippen MR) is 81.5 cm³/mol. The number of hydrogen-bond donors (Lipinski definition) is 0. The third-order valence-corrected chi connectivity index (χ3v) is 4.50. The van der Waals surface area contributed by atoms with Crippen LogP contribution in [0.15, 0.2) is 33.1 Å². The lowest BCUT2D eigenvalue weighted by atomic mass is 9.88. The van der Waals surface area contributed by atoms with Gasteiger partial charge in [0.15, 0.2) is 11.6 Å². The highest BCUT2D eigenvalue weighted by molar-refractivity contribution is 6.05. The maximum absolute atomic E-state index is 11.9. The van der Waals surface area contributed by atoms with E-state index in [0.29, 0.717) is 12.3 Å². The molecule has 0 N–H and O–H groups in total. The second kappa shape index (κ2) is 6.24. The Bertz CT molecular complexity index is 552. The maximum Gasteiger partial charge on any atom is 0.171 e. The van der Waals surface area contributed by atoms with Gasteiger partial charge >= 0.3 is 0 Å². The van der Waals surface area contributed by atoms with Crippen LogP contribution in [-0.2, 0) is 4.79 Å². The molecule has 1 fully saturated rings. The number of ketones is 1. The smallest absolute Gasteiger partial charge is 0.171 e. The molecule has 0 saturated carbocycles. The van der Waals surface area contributed by atoms with Gasteiger partial charge in [-0.15, -0.1) is 0 Å². The summed E-state index contributed by atoms with van der Waals surface area (Å²) in [6, 6.07) is 1.91. The van der Waals surface area contributed by atoms with Gasteiger partial charge in [0.05, 0.1) is 0 Å². The Morgan fingerprint density at radius 1 is 1.38 bits per heavy atom. The van der Waals surface area contributed by atoms with Crippen molar-refractivity contribution in [2.45, 2.75) is 39.0 Å². The van der Waals surface area contributed by atoms with Crippen molar-refractivity contribution in [1.82, 2.24) is 5.16 Å². The minimum absolute atomic E-state index is 0.252. The lowest BCUT2D eigenvalue weighted by Crippen LogP contribution is -2.33. The van der Waals surface area contributed by atoms with E-state index in [0.717, 1.165) is 55.9 Å². The van der Waals surface area contributed by atoms with Gasteiger partial charge in [-0.3, -0.25) is 9.79 Å². The Balaban J connectivity index is 1.50. The third-order valence-electron chi connectivity index (χ3n) is 4.50. The van der Waals surface area contributed by atoms with Gasteiger partial charge < -0.3 is 9.42 Å². The van der Waals surface area contributed by atoms with Gasteiger partial charge in [0.2, 0.25) is 0 Å². The molecule has 0 atom stereocenters. The van der Waals surface area contributed by atoms with E-state index in [4.69, 9.17) is 4.52 Å². The van der Waals surface area contributed by atoms with E-state index in [-0.39, 0.29) is 5.78 Å². The fourth-order valence-corrected chi connectivity index (χ4v) is 3.16. The Hall–Kier alpha value is -1.91. The quantitative estimate of drug-likeness (QED) is 0.854. The molecule has 0 unspecified atom stereocenters. The second-order valence-electron chi connectivity index (χ2n) is 5.83. The van der Waals surface area contributed by atoms with Gasteiger partial charge in [0.1, 0.15) is 6.26 Å². The third kappa shape index (κ3) is 3.23. The van der Waals surface area contributed by atoms with E-state index < -0.39 is 0 Å². The molecule has 0 aliphatic carbocycles. The van der Waals surface area contributed by atoms with Crippen LogP contribution in [0.3, 0.4) is 0 Å². The van der Waals surface area contributed by atoms with Crippen molar-refractivity contribution >= 4 is 17.8 Å². The van der Waals surface area contributed by atoms with Gasteiger partial charge in [-0.05, 0) is 38.5 Å². The van der Waals surface area contributed by atoms with Crippen molar-refractivity contribution in [3.05, 3.63) is 23.6 Å². The normalized spacial score (nSPS) is 20.4. The molecule has 1 aromatic heterocycles. The minimum atomic E-state index is 0.252. The van der Waals surface area contributed by atoms with Gasteiger partial charge in [0, 0.05) is 43.1 Å². The van der Waals surface area contributed by atoms with E-state index in [2.05, 4.69) is 15.0 Å². The van der Waals surface area contributed by atoms with Crippen LogP contribution in [0.25, 0.3) is 0 Å². The summed E-state index contributed by atoms with van der Waals surface area (Å²) in [6.45, 7) is 3.97. The highest BCUT2D eigenvalue weighted by Crippen LogP contribution is 2.28. The monoisotopic (exact) mass is 287 g/mol. The average Bonchev–Trinajstić information content (AvgIpc) is 3.02. The maximum atomic E-state index is 11.9. The van der Waals surface area contributed by atoms with Gasteiger partial charge in [-0.2, -0.15) is 0 Å². The van der Waals surface area contributed by atoms with E-state index in [1.54, 1.807) is 12.5 Å². The van der Waals surface area contributed by atoms with Crippen molar-refractivity contribution in [2.24, 2.45) is 10.9 Å².